The van der Waals surface area contributed by atoms with Crippen LogP contribution in [0.5, 0.6) is 0 Å². The van der Waals surface area contributed by atoms with Crippen molar-refractivity contribution in [3.05, 3.63) is 50.7 Å². The topological polar surface area (TPSA) is 50.9 Å². The number of nitrogens with zero attached hydrogens (tertiary/aromatic N) is 1. The van der Waals surface area contributed by atoms with Gasteiger partial charge in [-0.15, -0.1) is 11.3 Å². The molecule has 3 nitrogen and oxygen atoms in total. The molecule has 1 aromatic carbocycles. The van der Waals surface area contributed by atoms with Gasteiger partial charge in [0.25, 0.3) is 0 Å². The highest BCUT2D eigenvalue weighted by Gasteiger charge is 2.12. The molecule has 0 amide bonds. The molecule has 1 unspecified atom stereocenters. The van der Waals surface area contributed by atoms with Gasteiger partial charge >= 0.3 is 0 Å². The molecule has 3 N–H and O–H groups in total. The van der Waals surface area contributed by atoms with Gasteiger partial charge < -0.3 is 0 Å². The molecule has 0 radical (unpaired) electrons. The van der Waals surface area contributed by atoms with Gasteiger partial charge in [0.15, 0.2) is 0 Å². The normalized spacial score (nSPS) is 12.6. The van der Waals surface area contributed by atoms with E-state index >= 15 is 0 Å². The fraction of sp³-hybridized carbons (Fsp3) is 0.308. The molecule has 0 saturated heterocycles. The fourth-order valence-corrected chi connectivity index (χ4v) is 2.72. The largest absolute Gasteiger partial charge is 0.271 e. The number of hydrogen-bond donors (Lipinski definition) is 2. The van der Waals surface area contributed by atoms with Crippen molar-refractivity contribution in [3.8, 4) is 0 Å². The molecule has 0 bridgehead atoms. The Morgan fingerprint density at radius 1 is 1.47 bits per heavy atom. The summed E-state index contributed by atoms with van der Waals surface area (Å²) < 4.78 is 13.1. The molecule has 1 aromatic heterocycles. The molecule has 0 aliphatic carbocycles. The summed E-state index contributed by atoms with van der Waals surface area (Å²) in [6.45, 7) is 1.97. The minimum atomic E-state index is -0.405. The van der Waals surface area contributed by atoms with Crippen molar-refractivity contribution in [3.63, 3.8) is 0 Å². The Morgan fingerprint density at radius 2 is 2.26 bits per heavy atom. The molecule has 6 heteroatoms. The van der Waals surface area contributed by atoms with E-state index in [1.54, 1.807) is 23.5 Å². The van der Waals surface area contributed by atoms with Crippen molar-refractivity contribution in [2.24, 2.45) is 5.84 Å². The maximum Gasteiger partial charge on any atom is 0.141 e. The smallest absolute Gasteiger partial charge is 0.141 e. The second kappa shape index (κ2) is 6.43. The molecule has 19 heavy (non-hydrogen) atoms. The van der Waals surface area contributed by atoms with Crippen molar-refractivity contribution in [2.45, 2.75) is 25.8 Å². The Hall–Kier alpha value is -1.01. The number of nitrogens with one attached hydrogen (secondary N) is 1. The lowest BCUT2D eigenvalue weighted by atomic mass is 10.0. The van der Waals surface area contributed by atoms with Gasteiger partial charge in [-0.2, -0.15) is 0 Å². The van der Waals surface area contributed by atoms with E-state index in [2.05, 4.69) is 10.4 Å². The molecule has 0 spiro atoms. The standard InChI is InChI=1S/C13H15ClFN3S/c1-8-17-11(7-19-8)6-10(18-16)4-9-2-3-13(15)12(14)5-9/h2-3,5,7,10,18H,4,6,16H2,1H3. The van der Waals surface area contributed by atoms with Crippen LogP contribution in [0, 0.1) is 12.7 Å². The first-order chi connectivity index (χ1) is 9.08. The lowest BCUT2D eigenvalue weighted by Crippen LogP contribution is -2.38. The maximum absolute atomic E-state index is 13.1. The lowest BCUT2D eigenvalue weighted by molar-refractivity contribution is 0.517. The first kappa shape index (κ1) is 14.4. The van der Waals surface area contributed by atoms with Gasteiger partial charge in [-0.05, 0) is 31.0 Å². The number of benzene rings is 1. The molecule has 0 fully saturated rings. The average molecular weight is 300 g/mol. The van der Waals surface area contributed by atoms with Crippen LogP contribution in [0.1, 0.15) is 16.3 Å². The SMILES string of the molecule is Cc1nc(CC(Cc2ccc(F)c(Cl)c2)NN)cs1. The van der Waals surface area contributed by atoms with E-state index in [-0.39, 0.29) is 11.1 Å². The Bertz CT molecular complexity index is 559. The molecule has 0 saturated carbocycles. The van der Waals surface area contributed by atoms with Crippen molar-refractivity contribution in [1.82, 2.24) is 10.4 Å². The van der Waals surface area contributed by atoms with Crippen LogP contribution < -0.4 is 11.3 Å². The number of hydrazine groups is 1. The van der Waals surface area contributed by atoms with E-state index < -0.39 is 5.82 Å². The van der Waals surface area contributed by atoms with Crippen LogP contribution in [0.3, 0.4) is 0 Å². The van der Waals surface area contributed by atoms with Crippen LogP contribution in [-0.2, 0) is 12.8 Å². The van der Waals surface area contributed by atoms with Gasteiger partial charge in [-0.25, -0.2) is 9.37 Å². The van der Waals surface area contributed by atoms with E-state index in [1.165, 1.54) is 6.07 Å². The molecular weight excluding hydrogens is 285 g/mol. The summed E-state index contributed by atoms with van der Waals surface area (Å²) in [5.74, 6) is 5.16. The number of aromatic nitrogens is 1. The second-order valence-corrected chi connectivity index (χ2v) is 5.85. The minimum Gasteiger partial charge on any atom is -0.271 e. The Kier molecular flexibility index (Phi) is 4.87. The van der Waals surface area contributed by atoms with Crippen molar-refractivity contribution < 1.29 is 4.39 Å². The Morgan fingerprint density at radius 3 is 2.84 bits per heavy atom. The van der Waals surface area contributed by atoms with E-state index in [1.807, 2.05) is 12.3 Å². The van der Waals surface area contributed by atoms with Gasteiger partial charge in [-0.3, -0.25) is 11.3 Å². The fourth-order valence-electron chi connectivity index (χ4n) is 1.90. The number of rotatable bonds is 5. The van der Waals surface area contributed by atoms with Gasteiger partial charge in [0, 0.05) is 17.8 Å². The van der Waals surface area contributed by atoms with Crippen LogP contribution in [0.2, 0.25) is 5.02 Å². The summed E-state index contributed by atoms with van der Waals surface area (Å²) in [5.41, 5.74) is 4.73. The molecule has 2 aromatic rings. The minimum absolute atomic E-state index is 0.0445. The number of aryl methyl sites for hydroxylation is 1. The zero-order valence-electron chi connectivity index (χ0n) is 10.5. The molecule has 2 rings (SSSR count). The third-order valence-electron chi connectivity index (χ3n) is 2.82. The van der Waals surface area contributed by atoms with Gasteiger partial charge in [-0.1, -0.05) is 17.7 Å². The van der Waals surface area contributed by atoms with Crippen LogP contribution in [-0.4, -0.2) is 11.0 Å². The first-order valence-electron chi connectivity index (χ1n) is 5.89. The number of hydrogen-bond acceptors (Lipinski definition) is 4. The van der Waals surface area contributed by atoms with Crippen LogP contribution >= 0.6 is 22.9 Å². The van der Waals surface area contributed by atoms with Crippen LogP contribution in [0.15, 0.2) is 23.6 Å². The monoisotopic (exact) mass is 299 g/mol. The van der Waals surface area contributed by atoms with E-state index in [0.29, 0.717) is 6.42 Å². The third kappa shape index (κ3) is 3.98. The van der Waals surface area contributed by atoms with Crippen molar-refractivity contribution in [1.29, 1.82) is 0 Å². The first-order valence-corrected chi connectivity index (χ1v) is 7.15. The van der Waals surface area contributed by atoms with Crippen molar-refractivity contribution in [2.75, 3.05) is 0 Å². The van der Waals surface area contributed by atoms with Gasteiger partial charge in [0.05, 0.1) is 15.7 Å². The van der Waals surface area contributed by atoms with E-state index in [4.69, 9.17) is 17.4 Å². The van der Waals surface area contributed by atoms with E-state index in [0.717, 1.165) is 22.7 Å². The number of halogens is 2. The Balaban J connectivity index is 2.04. The van der Waals surface area contributed by atoms with Gasteiger partial charge in [0.1, 0.15) is 5.82 Å². The van der Waals surface area contributed by atoms with E-state index in [9.17, 15) is 4.39 Å². The average Bonchev–Trinajstić information content (AvgIpc) is 2.78. The highest BCUT2D eigenvalue weighted by molar-refractivity contribution is 7.09. The third-order valence-corrected chi connectivity index (χ3v) is 3.94. The maximum atomic E-state index is 13.1. The molecule has 1 atom stereocenters. The molecule has 102 valence electrons. The predicted octanol–water partition coefficient (Wildman–Crippen LogP) is 2.86. The quantitative estimate of drug-likeness (QED) is 0.659. The van der Waals surface area contributed by atoms with Crippen LogP contribution in [0.4, 0.5) is 4.39 Å². The van der Waals surface area contributed by atoms with Crippen molar-refractivity contribution >= 4 is 22.9 Å². The number of thiazole rings is 1. The summed E-state index contributed by atoms with van der Waals surface area (Å²) in [7, 11) is 0. The lowest BCUT2D eigenvalue weighted by Gasteiger charge is -2.15. The molecule has 0 aliphatic rings. The summed E-state index contributed by atoms with van der Waals surface area (Å²) in [6, 6.07) is 4.77. The summed E-state index contributed by atoms with van der Waals surface area (Å²) in [6.07, 6.45) is 1.41. The highest BCUT2D eigenvalue weighted by atomic mass is 35.5. The summed E-state index contributed by atoms with van der Waals surface area (Å²) in [5, 5.41) is 3.20. The predicted molar refractivity (Wildman–Crippen MR) is 76.8 cm³/mol. The zero-order chi connectivity index (χ0) is 13.8. The highest BCUT2D eigenvalue weighted by Crippen LogP contribution is 2.18. The molecule has 1 heterocycles. The zero-order valence-corrected chi connectivity index (χ0v) is 12.1. The summed E-state index contributed by atoms with van der Waals surface area (Å²) in [4.78, 5) is 4.41. The molecule has 0 aliphatic heterocycles. The van der Waals surface area contributed by atoms with Crippen LogP contribution in [0.25, 0.3) is 0 Å². The second-order valence-electron chi connectivity index (χ2n) is 4.38. The Labute approximate surface area is 120 Å². The summed E-state index contributed by atoms with van der Waals surface area (Å²) >= 11 is 7.38. The number of nitrogens with two attached hydrogens (primary N) is 1. The molecular formula is C13H15ClFN3S. The van der Waals surface area contributed by atoms with Gasteiger partial charge in [0.2, 0.25) is 0 Å².